The van der Waals surface area contributed by atoms with E-state index in [0.717, 1.165) is 17.0 Å². The number of methoxy groups -OCH3 is 1. The smallest absolute Gasteiger partial charge is 0.226 e. The molecule has 0 unspecified atom stereocenters. The number of oxazole rings is 1. The average Bonchev–Trinajstić information content (AvgIpc) is 3.14. The van der Waals surface area contributed by atoms with Crippen LogP contribution in [0.5, 0.6) is 5.75 Å². The van der Waals surface area contributed by atoms with Crippen LogP contribution >= 0.6 is 0 Å². The summed E-state index contributed by atoms with van der Waals surface area (Å²) in [5.74, 6) is 1.84. The molecule has 7 heteroatoms. The third-order valence-corrected chi connectivity index (χ3v) is 5.88. The number of hydrogen-bond acceptors (Lipinski definition) is 6. The first-order valence-corrected chi connectivity index (χ1v) is 9.28. The van der Waals surface area contributed by atoms with Crippen molar-refractivity contribution in [3.8, 4) is 17.2 Å². The molecule has 0 N–H and O–H groups in total. The average molecular weight is 336 g/mol. The van der Waals surface area contributed by atoms with Gasteiger partial charge in [-0.3, -0.25) is 4.90 Å². The highest BCUT2D eigenvalue weighted by Gasteiger charge is 2.30. The third kappa shape index (κ3) is 3.73. The lowest BCUT2D eigenvalue weighted by atomic mass is 10.2. The van der Waals surface area contributed by atoms with Gasteiger partial charge in [-0.25, -0.2) is 13.4 Å². The van der Waals surface area contributed by atoms with Crippen molar-refractivity contribution in [2.24, 2.45) is 0 Å². The van der Waals surface area contributed by atoms with Gasteiger partial charge in [-0.15, -0.1) is 0 Å². The quantitative estimate of drug-likeness (QED) is 0.831. The number of hydrogen-bond donors (Lipinski definition) is 0. The summed E-state index contributed by atoms with van der Waals surface area (Å²) in [7, 11) is 0.672. The first-order chi connectivity index (χ1) is 11.0. The molecule has 2 aromatic rings. The molecule has 0 bridgehead atoms. The Balaban J connectivity index is 1.67. The van der Waals surface area contributed by atoms with Crippen LogP contribution in [0.25, 0.3) is 11.5 Å². The van der Waals surface area contributed by atoms with Crippen LogP contribution in [0.3, 0.4) is 0 Å². The van der Waals surface area contributed by atoms with Gasteiger partial charge in [-0.1, -0.05) is 0 Å². The summed E-state index contributed by atoms with van der Waals surface area (Å²) in [6.45, 7) is 0.569. The number of rotatable bonds is 5. The Labute approximate surface area is 136 Å². The fraction of sp³-hybridized carbons (Fsp3) is 0.438. The molecule has 1 aliphatic heterocycles. The van der Waals surface area contributed by atoms with E-state index < -0.39 is 9.84 Å². The minimum atomic E-state index is -2.87. The lowest BCUT2D eigenvalue weighted by Crippen LogP contribution is -2.32. The van der Waals surface area contributed by atoms with E-state index in [9.17, 15) is 8.42 Å². The van der Waals surface area contributed by atoms with E-state index >= 15 is 0 Å². The monoisotopic (exact) mass is 336 g/mol. The van der Waals surface area contributed by atoms with Gasteiger partial charge < -0.3 is 9.15 Å². The van der Waals surface area contributed by atoms with E-state index in [1.165, 1.54) is 0 Å². The molecule has 6 nitrogen and oxygen atoms in total. The minimum Gasteiger partial charge on any atom is -0.497 e. The lowest BCUT2D eigenvalue weighted by molar-refractivity contribution is 0.251. The van der Waals surface area contributed by atoms with Gasteiger partial charge >= 0.3 is 0 Å². The van der Waals surface area contributed by atoms with E-state index in [2.05, 4.69) is 4.98 Å². The van der Waals surface area contributed by atoms with Crippen LogP contribution in [0.1, 0.15) is 12.1 Å². The van der Waals surface area contributed by atoms with Gasteiger partial charge in [0.25, 0.3) is 0 Å². The van der Waals surface area contributed by atoms with Crippen LogP contribution in [-0.2, 0) is 16.4 Å². The molecule has 1 aromatic heterocycles. The molecule has 1 fully saturated rings. The standard InChI is InChI=1S/C16H20N2O4S/c1-18(14-7-8-23(19,20)11-14)9-13-10-22-16(17-13)12-3-5-15(21-2)6-4-12/h3-6,10,14H,7-9,11H2,1-2H3/t14-/m1/s1. The molecular formula is C16H20N2O4S. The zero-order valence-corrected chi connectivity index (χ0v) is 14.0. The lowest BCUT2D eigenvalue weighted by Gasteiger charge is -2.21. The molecule has 1 saturated heterocycles. The van der Waals surface area contributed by atoms with Gasteiger partial charge in [-0.2, -0.15) is 0 Å². The summed E-state index contributed by atoms with van der Waals surface area (Å²) in [6, 6.07) is 7.55. The van der Waals surface area contributed by atoms with Gasteiger partial charge in [0.2, 0.25) is 5.89 Å². The summed E-state index contributed by atoms with van der Waals surface area (Å²) in [5, 5.41) is 0. The number of sulfone groups is 1. The minimum absolute atomic E-state index is 0.0566. The molecule has 3 rings (SSSR count). The van der Waals surface area contributed by atoms with Crippen molar-refractivity contribution in [3.63, 3.8) is 0 Å². The molecule has 0 saturated carbocycles. The van der Waals surface area contributed by atoms with Crippen molar-refractivity contribution >= 4 is 9.84 Å². The fourth-order valence-corrected chi connectivity index (χ4v) is 4.56. The largest absolute Gasteiger partial charge is 0.497 e. The van der Waals surface area contributed by atoms with Crippen LogP contribution in [0, 0.1) is 0 Å². The summed E-state index contributed by atoms with van der Waals surface area (Å²) >= 11 is 0. The highest BCUT2D eigenvalue weighted by atomic mass is 32.2. The maximum Gasteiger partial charge on any atom is 0.226 e. The van der Waals surface area contributed by atoms with Crippen molar-refractivity contribution < 1.29 is 17.6 Å². The van der Waals surface area contributed by atoms with Gasteiger partial charge in [0.1, 0.15) is 12.0 Å². The van der Waals surface area contributed by atoms with Gasteiger partial charge in [0, 0.05) is 18.2 Å². The summed E-state index contributed by atoms with van der Waals surface area (Å²) in [5.41, 5.74) is 1.67. The molecule has 1 atom stereocenters. The molecule has 1 aromatic carbocycles. The third-order valence-electron chi connectivity index (χ3n) is 4.13. The Bertz CT molecular complexity index is 768. The summed E-state index contributed by atoms with van der Waals surface area (Å²) in [4.78, 5) is 6.51. The molecule has 124 valence electrons. The predicted octanol–water partition coefficient (Wildman–Crippen LogP) is 1.97. The maximum absolute atomic E-state index is 11.6. The van der Waals surface area contributed by atoms with Crippen LogP contribution in [0.2, 0.25) is 0 Å². The topological polar surface area (TPSA) is 72.6 Å². The predicted molar refractivity (Wildman–Crippen MR) is 87.0 cm³/mol. The van der Waals surface area contributed by atoms with Crippen molar-refractivity contribution in [3.05, 3.63) is 36.2 Å². The van der Waals surface area contributed by atoms with E-state index in [1.807, 2.05) is 36.2 Å². The number of nitrogens with zero attached hydrogens (tertiary/aromatic N) is 2. The second-order valence-electron chi connectivity index (χ2n) is 5.84. The van der Waals surface area contributed by atoms with E-state index in [4.69, 9.17) is 9.15 Å². The highest BCUT2D eigenvalue weighted by Crippen LogP contribution is 2.23. The number of benzene rings is 1. The SMILES string of the molecule is COc1ccc(-c2nc(CN(C)[C@@H]3CCS(=O)(=O)C3)co2)cc1. The Morgan fingerprint density at radius 2 is 2.09 bits per heavy atom. The molecule has 0 amide bonds. The van der Waals surface area contributed by atoms with Crippen molar-refractivity contribution in [1.29, 1.82) is 0 Å². The Kier molecular flexibility index (Phi) is 4.41. The van der Waals surface area contributed by atoms with Crippen molar-refractivity contribution in [2.45, 2.75) is 19.0 Å². The van der Waals surface area contributed by atoms with E-state index in [1.54, 1.807) is 13.4 Å². The van der Waals surface area contributed by atoms with Gasteiger partial charge in [0.15, 0.2) is 9.84 Å². The molecule has 2 heterocycles. The summed E-state index contributed by atoms with van der Waals surface area (Å²) in [6.07, 6.45) is 2.31. The Morgan fingerprint density at radius 1 is 1.35 bits per heavy atom. The normalized spacial score (nSPS) is 20.0. The first-order valence-electron chi connectivity index (χ1n) is 7.46. The molecule has 0 radical (unpaired) electrons. The Morgan fingerprint density at radius 3 is 2.70 bits per heavy atom. The van der Waals surface area contributed by atoms with E-state index in [-0.39, 0.29) is 17.5 Å². The second-order valence-corrected chi connectivity index (χ2v) is 8.07. The molecular weight excluding hydrogens is 316 g/mol. The zero-order valence-electron chi connectivity index (χ0n) is 13.2. The maximum atomic E-state index is 11.6. The molecule has 23 heavy (non-hydrogen) atoms. The van der Waals surface area contributed by atoms with Crippen LogP contribution in [0.4, 0.5) is 0 Å². The van der Waals surface area contributed by atoms with Crippen molar-refractivity contribution in [1.82, 2.24) is 9.88 Å². The van der Waals surface area contributed by atoms with Crippen LogP contribution in [-0.4, -0.2) is 50.0 Å². The van der Waals surface area contributed by atoms with Gasteiger partial charge in [-0.05, 0) is 37.7 Å². The fourth-order valence-electron chi connectivity index (χ4n) is 2.75. The Hall–Kier alpha value is -1.86. The van der Waals surface area contributed by atoms with Gasteiger partial charge in [0.05, 0.1) is 24.3 Å². The molecule has 1 aliphatic rings. The highest BCUT2D eigenvalue weighted by molar-refractivity contribution is 7.91. The first kappa shape index (κ1) is 16.0. The van der Waals surface area contributed by atoms with Crippen LogP contribution in [0.15, 0.2) is 34.9 Å². The van der Waals surface area contributed by atoms with Crippen LogP contribution < -0.4 is 4.74 Å². The second kappa shape index (κ2) is 6.33. The molecule has 0 spiro atoms. The number of aromatic nitrogens is 1. The molecule has 0 aliphatic carbocycles. The zero-order chi connectivity index (χ0) is 16.4. The number of ether oxygens (including phenoxy) is 1. The van der Waals surface area contributed by atoms with E-state index in [0.29, 0.717) is 18.9 Å². The van der Waals surface area contributed by atoms with Crippen molar-refractivity contribution in [2.75, 3.05) is 25.7 Å². The summed E-state index contributed by atoms with van der Waals surface area (Å²) < 4.78 is 33.8.